The molecule has 27 heavy (non-hydrogen) atoms. The van der Waals surface area contributed by atoms with Crippen LogP contribution in [0.2, 0.25) is 0 Å². The molecule has 6 heteroatoms. The first-order chi connectivity index (χ1) is 13.1. The first-order valence-corrected chi connectivity index (χ1v) is 8.55. The first-order valence-electron chi connectivity index (χ1n) is 8.55. The van der Waals surface area contributed by atoms with Crippen LogP contribution in [0.5, 0.6) is 0 Å². The molecule has 1 amide bonds. The SMILES string of the molecule is Cc1cc(/C=N/NC(=O)c2cc3ccccc3o2)c(C)n1-c1cccnc1. The fraction of sp³-hybridized carbons (Fsp3) is 0.0952. The van der Waals surface area contributed by atoms with Gasteiger partial charge in [0.15, 0.2) is 5.76 Å². The van der Waals surface area contributed by atoms with Crippen molar-refractivity contribution in [2.75, 3.05) is 0 Å². The van der Waals surface area contributed by atoms with E-state index in [4.69, 9.17) is 4.42 Å². The van der Waals surface area contributed by atoms with Crippen molar-refractivity contribution in [3.05, 3.63) is 83.6 Å². The van der Waals surface area contributed by atoms with Crippen LogP contribution in [-0.4, -0.2) is 21.7 Å². The summed E-state index contributed by atoms with van der Waals surface area (Å²) >= 11 is 0. The Morgan fingerprint density at radius 2 is 2.04 bits per heavy atom. The molecule has 0 saturated carbocycles. The summed E-state index contributed by atoms with van der Waals surface area (Å²) in [7, 11) is 0. The molecular formula is C21H18N4O2. The zero-order valence-corrected chi connectivity index (χ0v) is 15.0. The highest BCUT2D eigenvalue weighted by atomic mass is 16.3. The minimum absolute atomic E-state index is 0.231. The Hall–Kier alpha value is -3.67. The van der Waals surface area contributed by atoms with Gasteiger partial charge in [-0.15, -0.1) is 0 Å². The Balaban J connectivity index is 1.52. The number of hydrogen-bond donors (Lipinski definition) is 1. The number of rotatable bonds is 4. The molecule has 0 aliphatic rings. The molecule has 4 rings (SSSR count). The third-order valence-electron chi connectivity index (χ3n) is 4.39. The van der Waals surface area contributed by atoms with Crippen molar-refractivity contribution in [2.24, 2.45) is 5.10 Å². The molecular weight excluding hydrogens is 340 g/mol. The van der Waals surface area contributed by atoms with E-state index in [1.807, 2.05) is 62.5 Å². The number of furan rings is 1. The van der Waals surface area contributed by atoms with Gasteiger partial charge in [0.1, 0.15) is 5.58 Å². The quantitative estimate of drug-likeness (QED) is 0.443. The van der Waals surface area contributed by atoms with Gasteiger partial charge >= 0.3 is 5.91 Å². The van der Waals surface area contributed by atoms with Crippen molar-refractivity contribution in [1.82, 2.24) is 15.0 Å². The Bertz CT molecular complexity index is 1110. The number of hydrogen-bond acceptors (Lipinski definition) is 4. The van der Waals surface area contributed by atoms with Gasteiger partial charge in [-0.05, 0) is 44.2 Å². The molecule has 0 bridgehead atoms. The van der Waals surface area contributed by atoms with Gasteiger partial charge in [0.2, 0.25) is 0 Å². The maximum Gasteiger partial charge on any atom is 0.307 e. The molecule has 0 unspecified atom stereocenters. The molecule has 0 aliphatic carbocycles. The van der Waals surface area contributed by atoms with Crippen LogP contribution in [0.25, 0.3) is 16.7 Å². The normalized spacial score (nSPS) is 11.3. The summed E-state index contributed by atoms with van der Waals surface area (Å²) in [4.78, 5) is 16.4. The van der Waals surface area contributed by atoms with Crippen molar-refractivity contribution in [3.63, 3.8) is 0 Å². The molecule has 1 N–H and O–H groups in total. The fourth-order valence-corrected chi connectivity index (χ4v) is 3.11. The maximum atomic E-state index is 12.3. The second-order valence-corrected chi connectivity index (χ2v) is 6.22. The van der Waals surface area contributed by atoms with Crippen molar-refractivity contribution in [3.8, 4) is 5.69 Å². The predicted molar refractivity (Wildman–Crippen MR) is 104 cm³/mol. The Morgan fingerprint density at radius 3 is 2.81 bits per heavy atom. The fourth-order valence-electron chi connectivity index (χ4n) is 3.11. The number of amides is 1. The molecule has 134 valence electrons. The predicted octanol–water partition coefficient (Wildman–Crippen LogP) is 4.00. The highest BCUT2D eigenvalue weighted by molar-refractivity contribution is 5.96. The van der Waals surface area contributed by atoms with E-state index < -0.39 is 0 Å². The van der Waals surface area contributed by atoms with Crippen LogP contribution in [0, 0.1) is 13.8 Å². The molecule has 3 heterocycles. The van der Waals surface area contributed by atoms with Crippen LogP contribution in [0.15, 0.2) is 70.4 Å². The number of fused-ring (bicyclic) bond motifs is 1. The van der Waals surface area contributed by atoms with Crippen LogP contribution in [0.4, 0.5) is 0 Å². The molecule has 0 atom stereocenters. The lowest BCUT2D eigenvalue weighted by molar-refractivity contribution is 0.0929. The molecule has 0 fully saturated rings. The minimum atomic E-state index is -0.386. The van der Waals surface area contributed by atoms with Crippen molar-refractivity contribution < 1.29 is 9.21 Å². The lowest BCUT2D eigenvalue weighted by Crippen LogP contribution is -2.16. The van der Waals surface area contributed by atoms with Crippen LogP contribution >= 0.6 is 0 Å². The van der Waals surface area contributed by atoms with E-state index >= 15 is 0 Å². The van der Waals surface area contributed by atoms with Crippen LogP contribution in [-0.2, 0) is 0 Å². The third kappa shape index (κ3) is 3.25. The van der Waals surface area contributed by atoms with Crippen LogP contribution in [0.3, 0.4) is 0 Å². The number of para-hydroxylation sites is 1. The summed E-state index contributed by atoms with van der Waals surface area (Å²) in [5, 5.41) is 4.96. The van der Waals surface area contributed by atoms with Gasteiger partial charge in [-0.2, -0.15) is 5.10 Å². The number of aryl methyl sites for hydroxylation is 1. The molecule has 6 nitrogen and oxygen atoms in total. The molecule has 1 aromatic carbocycles. The Morgan fingerprint density at radius 1 is 1.19 bits per heavy atom. The van der Waals surface area contributed by atoms with E-state index in [1.54, 1.807) is 18.5 Å². The average Bonchev–Trinajstić information content (AvgIpc) is 3.23. The highest BCUT2D eigenvalue weighted by Crippen LogP contribution is 2.20. The van der Waals surface area contributed by atoms with Crippen molar-refractivity contribution in [1.29, 1.82) is 0 Å². The molecule has 0 saturated heterocycles. The number of nitrogens with one attached hydrogen (secondary N) is 1. The van der Waals surface area contributed by atoms with Crippen molar-refractivity contribution >= 4 is 23.1 Å². The largest absolute Gasteiger partial charge is 0.451 e. The van der Waals surface area contributed by atoms with Gasteiger partial charge in [0.05, 0.1) is 18.1 Å². The summed E-state index contributed by atoms with van der Waals surface area (Å²) < 4.78 is 7.63. The standard InChI is InChI=1S/C21H18N4O2/c1-14-10-17(15(2)25(14)18-7-5-9-22-13-18)12-23-24-21(26)20-11-16-6-3-4-8-19(16)27-20/h3-13H,1-2H3,(H,24,26)/b23-12+. The number of nitrogens with zero attached hydrogens (tertiary/aromatic N) is 3. The van der Waals surface area contributed by atoms with Crippen LogP contribution in [0.1, 0.15) is 27.5 Å². The molecule has 0 aliphatic heterocycles. The molecule has 4 aromatic rings. The summed E-state index contributed by atoms with van der Waals surface area (Å²) in [5.74, 6) is -0.155. The minimum Gasteiger partial charge on any atom is -0.451 e. The third-order valence-corrected chi connectivity index (χ3v) is 4.39. The van der Waals surface area contributed by atoms with Gasteiger partial charge in [-0.3, -0.25) is 9.78 Å². The maximum absolute atomic E-state index is 12.3. The number of pyridine rings is 1. The van der Waals surface area contributed by atoms with Gasteiger partial charge in [-0.1, -0.05) is 18.2 Å². The van der Waals surface area contributed by atoms with E-state index in [0.29, 0.717) is 5.58 Å². The van der Waals surface area contributed by atoms with Crippen molar-refractivity contribution in [2.45, 2.75) is 13.8 Å². The average molecular weight is 358 g/mol. The smallest absolute Gasteiger partial charge is 0.307 e. The summed E-state index contributed by atoms with van der Waals surface area (Å²) in [5.41, 5.74) is 7.17. The molecule has 3 aromatic heterocycles. The summed E-state index contributed by atoms with van der Waals surface area (Å²) in [6, 6.07) is 15.1. The summed E-state index contributed by atoms with van der Waals surface area (Å²) in [6.07, 6.45) is 5.19. The lowest BCUT2D eigenvalue weighted by Gasteiger charge is -2.08. The zero-order valence-electron chi connectivity index (χ0n) is 15.0. The number of benzene rings is 1. The van der Waals surface area contributed by atoms with Gasteiger partial charge in [0.25, 0.3) is 0 Å². The Kier molecular flexibility index (Phi) is 4.30. The summed E-state index contributed by atoms with van der Waals surface area (Å²) in [6.45, 7) is 4.02. The Labute approximate surface area is 156 Å². The second kappa shape index (κ2) is 6.92. The molecule has 0 radical (unpaired) electrons. The van der Waals surface area contributed by atoms with E-state index in [-0.39, 0.29) is 11.7 Å². The van der Waals surface area contributed by atoms with E-state index in [1.165, 1.54) is 0 Å². The van der Waals surface area contributed by atoms with E-state index in [9.17, 15) is 4.79 Å². The van der Waals surface area contributed by atoms with Gasteiger partial charge in [-0.25, -0.2) is 5.43 Å². The topological polar surface area (TPSA) is 72.4 Å². The van der Waals surface area contributed by atoms with Crippen LogP contribution < -0.4 is 5.43 Å². The van der Waals surface area contributed by atoms with E-state index in [2.05, 4.69) is 20.1 Å². The van der Waals surface area contributed by atoms with E-state index in [0.717, 1.165) is 28.0 Å². The number of carbonyl (C=O) groups is 1. The van der Waals surface area contributed by atoms with Gasteiger partial charge < -0.3 is 8.98 Å². The number of carbonyl (C=O) groups excluding carboxylic acids is 1. The molecule has 0 spiro atoms. The highest BCUT2D eigenvalue weighted by Gasteiger charge is 2.12. The lowest BCUT2D eigenvalue weighted by atomic mass is 10.2. The van der Waals surface area contributed by atoms with Gasteiger partial charge in [0, 0.05) is 28.5 Å². The zero-order chi connectivity index (χ0) is 18.8. The monoisotopic (exact) mass is 358 g/mol. The second-order valence-electron chi connectivity index (χ2n) is 6.22. The number of hydrazone groups is 1. The first kappa shape index (κ1) is 16.8. The number of aromatic nitrogens is 2.